The van der Waals surface area contributed by atoms with Gasteiger partial charge in [0.1, 0.15) is 0 Å². The van der Waals surface area contributed by atoms with Crippen molar-refractivity contribution in [2.24, 2.45) is 5.92 Å². The number of nitrogens with one attached hydrogen (secondary N) is 2. The minimum absolute atomic E-state index is 0. The lowest BCUT2D eigenvalue weighted by atomic mass is 10.1. The van der Waals surface area contributed by atoms with Gasteiger partial charge in [-0.2, -0.15) is 0 Å². The SMILES string of the molecule is CCCc1sc(C(=O)NCCC2CCNC2)cc1CC.Cl. The molecule has 2 rings (SSSR count). The molecule has 21 heavy (non-hydrogen) atoms. The number of hydrogen-bond donors (Lipinski definition) is 2. The predicted molar refractivity (Wildman–Crippen MR) is 92.9 cm³/mol. The van der Waals surface area contributed by atoms with Crippen molar-refractivity contribution in [2.75, 3.05) is 19.6 Å². The molecule has 0 radical (unpaired) electrons. The molecule has 1 aliphatic rings. The van der Waals surface area contributed by atoms with Crippen LogP contribution in [0.1, 0.15) is 53.2 Å². The molecule has 5 heteroatoms. The van der Waals surface area contributed by atoms with Crippen molar-refractivity contribution in [1.29, 1.82) is 0 Å². The summed E-state index contributed by atoms with van der Waals surface area (Å²) in [5.74, 6) is 0.846. The van der Waals surface area contributed by atoms with Gasteiger partial charge in [0.15, 0.2) is 0 Å². The van der Waals surface area contributed by atoms with Gasteiger partial charge in [0, 0.05) is 11.4 Å². The highest BCUT2D eigenvalue weighted by Crippen LogP contribution is 2.24. The Hall–Kier alpha value is -0.580. The number of hydrogen-bond acceptors (Lipinski definition) is 3. The third kappa shape index (κ3) is 5.28. The second-order valence-corrected chi connectivity index (χ2v) is 6.70. The first-order valence-electron chi connectivity index (χ1n) is 7.85. The molecular weight excluding hydrogens is 304 g/mol. The molecule has 1 unspecified atom stereocenters. The second kappa shape index (κ2) is 9.44. The zero-order valence-corrected chi connectivity index (χ0v) is 14.7. The Kier molecular flexibility index (Phi) is 8.30. The fourth-order valence-corrected chi connectivity index (χ4v) is 4.03. The molecular formula is C16H27ClN2OS. The number of carbonyl (C=O) groups is 1. The van der Waals surface area contributed by atoms with Crippen LogP contribution in [0.15, 0.2) is 6.07 Å². The van der Waals surface area contributed by atoms with Crippen LogP contribution >= 0.6 is 23.7 Å². The molecule has 1 fully saturated rings. The summed E-state index contributed by atoms with van der Waals surface area (Å²) in [5.41, 5.74) is 1.35. The monoisotopic (exact) mass is 330 g/mol. The smallest absolute Gasteiger partial charge is 0.261 e. The Morgan fingerprint density at radius 2 is 2.29 bits per heavy atom. The van der Waals surface area contributed by atoms with Crippen LogP contribution in [0.4, 0.5) is 0 Å². The minimum Gasteiger partial charge on any atom is -0.351 e. The molecule has 0 saturated carbocycles. The highest BCUT2D eigenvalue weighted by molar-refractivity contribution is 7.14. The molecule has 1 aliphatic heterocycles. The first kappa shape index (κ1) is 18.5. The Morgan fingerprint density at radius 1 is 1.48 bits per heavy atom. The molecule has 0 bridgehead atoms. The zero-order valence-electron chi connectivity index (χ0n) is 13.0. The highest BCUT2D eigenvalue weighted by Gasteiger charge is 2.16. The second-order valence-electron chi connectivity index (χ2n) is 5.57. The summed E-state index contributed by atoms with van der Waals surface area (Å²) >= 11 is 1.68. The van der Waals surface area contributed by atoms with Gasteiger partial charge in [-0.05, 0) is 56.3 Å². The third-order valence-electron chi connectivity index (χ3n) is 3.98. The van der Waals surface area contributed by atoms with Crippen molar-refractivity contribution < 1.29 is 4.79 Å². The van der Waals surface area contributed by atoms with Gasteiger partial charge in [0.2, 0.25) is 0 Å². The van der Waals surface area contributed by atoms with Crippen LogP contribution in [0.25, 0.3) is 0 Å². The van der Waals surface area contributed by atoms with Gasteiger partial charge in [-0.1, -0.05) is 20.3 Å². The van der Waals surface area contributed by atoms with Gasteiger partial charge in [0.05, 0.1) is 4.88 Å². The first-order valence-corrected chi connectivity index (χ1v) is 8.66. The normalized spacial score (nSPS) is 17.5. The Morgan fingerprint density at radius 3 is 2.90 bits per heavy atom. The standard InChI is InChI=1S/C16H26N2OS.ClH/c1-3-5-14-13(4-2)10-15(20-14)16(19)18-9-7-12-6-8-17-11-12;/h10,12,17H,3-9,11H2,1-2H3,(H,18,19);1H. The molecule has 2 heterocycles. The van der Waals surface area contributed by atoms with Gasteiger partial charge in [-0.3, -0.25) is 4.79 Å². The van der Waals surface area contributed by atoms with Crippen LogP contribution in [-0.4, -0.2) is 25.5 Å². The highest BCUT2D eigenvalue weighted by atomic mass is 35.5. The van der Waals surface area contributed by atoms with Crippen LogP contribution in [-0.2, 0) is 12.8 Å². The van der Waals surface area contributed by atoms with E-state index >= 15 is 0 Å². The zero-order chi connectivity index (χ0) is 14.4. The van der Waals surface area contributed by atoms with Crippen LogP contribution in [0, 0.1) is 5.92 Å². The predicted octanol–water partition coefficient (Wildman–Crippen LogP) is 3.41. The van der Waals surface area contributed by atoms with E-state index in [9.17, 15) is 4.79 Å². The maximum atomic E-state index is 12.2. The van der Waals surface area contributed by atoms with E-state index in [-0.39, 0.29) is 18.3 Å². The van der Waals surface area contributed by atoms with Crippen LogP contribution < -0.4 is 10.6 Å². The van der Waals surface area contributed by atoms with E-state index in [1.165, 1.54) is 16.9 Å². The lowest BCUT2D eigenvalue weighted by molar-refractivity contribution is 0.0955. The summed E-state index contributed by atoms with van der Waals surface area (Å²) in [6, 6.07) is 2.09. The van der Waals surface area contributed by atoms with Crippen molar-refractivity contribution >= 4 is 29.7 Å². The van der Waals surface area contributed by atoms with Gasteiger partial charge in [-0.15, -0.1) is 23.7 Å². The quantitative estimate of drug-likeness (QED) is 0.804. The Bertz CT molecular complexity index is 441. The van der Waals surface area contributed by atoms with Gasteiger partial charge in [0.25, 0.3) is 5.91 Å². The summed E-state index contributed by atoms with van der Waals surface area (Å²) in [4.78, 5) is 14.5. The van der Waals surface area contributed by atoms with E-state index in [1.54, 1.807) is 11.3 Å². The molecule has 120 valence electrons. The molecule has 1 atom stereocenters. The lowest BCUT2D eigenvalue weighted by Gasteiger charge is -2.08. The number of halogens is 1. The van der Waals surface area contributed by atoms with Crippen LogP contribution in [0.5, 0.6) is 0 Å². The summed E-state index contributed by atoms with van der Waals surface area (Å²) in [7, 11) is 0. The fraction of sp³-hybridized carbons (Fsp3) is 0.688. The van der Waals surface area contributed by atoms with Crippen LogP contribution in [0.2, 0.25) is 0 Å². The van der Waals surface area contributed by atoms with Gasteiger partial charge < -0.3 is 10.6 Å². The van der Waals surface area contributed by atoms with Crippen molar-refractivity contribution in [1.82, 2.24) is 10.6 Å². The first-order chi connectivity index (χ1) is 9.74. The number of thiophene rings is 1. The maximum absolute atomic E-state index is 12.2. The Balaban J connectivity index is 0.00000220. The van der Waals surface area contributed by atoms with Crippen molar-refractivity contribution in [2.45, 2.75) is 46.0 Å². The molecule has 0 aromatic carbocycles. The molecule has 3 nitrogen and oxygen atoms in total. The topological polar surface area (TPSA) is 41.1 Å². The van der Waals surface area contributed by atoms with Gasteiger partial charge in [-0.25, -0.2) is 0 Å². The van der Waals surface area contributed by atoms with Gasteiger partial charge >= 0.3 is 0 Å². The van der Waals surface area contributed by atoms with E-state index in [0.717, 1.165) is 56.1 Å². The van der Waals surface area contributed by atoms with E-state index in [2.05, 4.69) is 30.5 Å². The average Bonchev–Trinajstić information content (AvgIpc) is 3.08. The lowest BCUT2D eigenvalue weighted by Crippen LogP contribution is -2.25. The van der Waals surface area contributed by atoms with Crippen LogP contribution in [0.3, 0.4) is 0 Å². The number of amides is 1. The fourth-order valence-electron chi connectivity index (χ4n) is 2.75. The van der Waals surface area contributed by atoms with Crippen molar-refractivity contribution in [3.05, 3.63) is 21.4 Å². The summed E-state index contributed by atoms with van der Waals surface area (Å²) in [6.45, 7) is 7.39. The summed E-state index contributed by atoms with van der Waals surface area (Å²) in [6.07, 6.45) is 5.59. The molecule has 1 aromatic rings. The molecule has 1 saturated heterocycles. The number of carbonyl (C=O) groups excluding carboxylic acids is 1. The molecule has 0 aliphatic carbocycles. The molecule has 1 aromatic heterocycles. The summed E-state index contributed by atoms with van der Waals surface area (Å²) < 4.78 is 0. The van der Waals surface area contributed by atoms with E-state index in [0.29, 0.717) is 0 Å². The maximum Gasteiger partial charge on any atom is 0.261 e. The van der Waals surface area contributed by atoms with Crippen molar-refractivity contribution in [3.63, 3.8) is 0 Å². The molecule has 2 N–H and O–H groups in total. The largest absolute Gasteiger partial charge is 0.351 e. The van der Waals surface area contributed by atoms with E-state index in [1.807, 2.05) is 0 Å². The number of aryl methyl sites for hydroxylation is 2. The Labute approximate surface area is 138 Å². The minimum atomic E-state index is 0. The summed E-state index contributed by atoms with van der Waals surface area (Å²) in [5, 5.41) is 6.44. The molecule has 1 amide bonds. The molecule has 0 spiro atoms. The van der Waals surface area contributed by atoms with E-state index in [4.69, 9.17) is 0 Å². The number of rotatable bonds is 7. The third-order valence-corrected chi connectivity index (χ3v) is 5.21. The van der Waals surface area contributed by atoms with Crippen molar-refractivity contribution in [3.8, 4) is 0 Å². The average molecular weight is 331 g/mol. The van der Waals surface area contributed by atoms with E-state index < -0.39 is 0 Å².